The van der Waals surface area contributed by atoms with Crippen LogP contribution in [0.5, 0.6) is 5.75 Å². The number of carbonyl (C=O) groups is 1. The smallest absolute Gasteiger partial charge is 0.227 e. The predicted molar refractivity (Wildman–Crippen MR) is 106 cm³/mol. The number of hydrogen-bond acceptors (Lipinski definition) is 3. The summed E-state index contributed by atoms with van der Waals surface area (Å²) >= 11 is 0. The molecule has 0 aliphatic rings. The predicted octanol–water partition coefficient (Wildman–Crippen LogP) is 3.51. The summed E-state index contributed by atoms with van der Waals surface area (Å²) in [7, 11) is 3.56. The third-order valence-corrected chi connectivity index (χ3v) is 4.65. The van der Waals surface area contributed by atoms with E-state index in [0.29, 0.717) is 13.1 Å². The van der Waals surface area contributed by atoms with Crippen molar-refractivity contribution in [2.75, 3.05) is 20.7 Å². The van der Waals surface area contributed by atoms with Gasteiger partial charge in [-0.3, -0.25) is 4.79 Å². The summed E-state index contributed by atoms with van der Waals surface area (Å²) in [6.45, 7) is 5.38. The molecule has 2 aromatic rings. The number of nitrogens with zero attached hydrogens (tertiary/aromatic N) is 1. The number of amides is 1. The van der Waals surface area contributed by atoms with Crippen molar-refractivity contribution in [2.24, 2.45) is 5.92 Å². The first-order chi connectivity index (χ1) is 12.6. The van der Waals surface area contributed by atoms with Crippen LogP contribution in [0.4, 0.5) is 0 Å². The van der Waals surface area contributed by atoms with Gasteiger partial charge in [-0.05, 0) is 37.6 Å². The van der Waals surface area contributed by atoms with Crippen molar-refractivity contribution in [3.05, 3.63) is 65.7 Å². The Labute approximate surface area is 157 Å². The lowest BCUT2D eigenvalue weighted by Gasteiger charge is -2.32. The molecule has 0 saturated heterocycles. The minimum Gasteiger partial charge on any atom is -0.496 e. The molecule has 0 heterocycles. The average molecular weight is 354 g/mol. The van der Waals surface area contributed by atoms with Crippen molar-refractivity contribution >= 4 is 5.91 Å². The Morgan fingerprint density at radius 2 is 1.73 bits per heavy atom. The van der Waals surface area contributed by atoms with Gasteiger partial charge in [0.15, 0.2) is 0 Å². The van der Waals surface area contributed by atoms with Gasteiger partial charge in [-0.2, -0.15) is 0 Å². The standard InChI is InChI=1S/C22H30N2O2/c1-17(15-23-3)22(25)24(16-19-10-6-5-7-11-19)18(2)14-20-12-8-9-13-21(20)26-4/h5-13,17-18,23H,14-16H2,1-4H3. The molecule has 2 rings (SSSR count). The maximum Gasteiger partial charge on any atom is 0.227 e. The maximum absolute atomic E-state index is 13.1. The van der Waals surface area contributed by atoms with Crippen molar-refractivity contribution < 1.29 is 9.53 Å². The van der Waals surface area contributed by atoms with Gasteiger partial charge in [-0.15, -0.1) is 0 Å². The van der Waals surface area contributed by atoms with E-state index < -0.39 is 0 Å². The van der Waals surface area contributed by atoms with Crippen molar-refractivity contribution in [3.63, 3.8) is 0 Å². The zero-order chi connectivity index (χ0) is 18.9. The molecule has 0 aliphatic carbocycles. The van der Waals surface area contributed by atoms with E-state index in [2.05, 4.69) is 30.4 Å². The Morgan fingerprint density at radius 3 is 2.38 bits per heavy atom. The van der Waals surface area contributed by atoms with Crippen molar-refractivity contribution in [1.82, 2.24) is 10.2 Å². The SMILES string of the molecule is CNCC(C)C(=O)N(Cc1ccccc1)C(C)Cc1ccccc1OC. The van der Waals surface area contributed by atoms with Crippen LogP contribution in [0.15, 0.2) is 54.6 Å². The van der Waals surface area contributed by atoms with Crippen LogP contribution in [0, 0.1) is 5.92 Å². The lowest BCUT2D eigenvalue weighted by atomic mass is 10.0. The Balaban J connectivity index is 2.22. The molecule has 4 heteroatoms. The van der Waals surface area contributed by atoms with Crippen molar-refractivity contribution in [1.29, 1.82) is 0 Å². The summed E-state index contributed by atoms with van der Waals surface area (Å²) in [4.78, 5) is 15.1. The third kappa shape index (κ3) is 5.33. The summed E-state index contributed by atoms with van der Waals surface area (Å²) < 4.78 is 5.48. The number of rotatable bonds is 9. The van der Waals surface area contributed by atoms with E-state index in [1.807, 2.05) is 55.3 Å². The van der Waals surface area contributed by atoms with E-state index in [4.69, 9.17) is 4.74 Å². The Morgan fingerprint density at radius 1 is 1.08 bits per heavy atom. The number of hydrogen-bond donors (Lipinski definition) is 1. The summed E-state index contributed by atoms with van der Waals surface area (Å²) in [6, 6.07) is 18.2. The molecule has 0 spiro atoms. The molecule has 1 amide bonds. The second-order valence-electron chi connectivity index (χ2n) is 6.78. The van der Waals surface area contributed by atoms with E-state index in [9.17, 15) is 4.79 Å². The van der Waals surface area contributed by atoms with Gasteiger partial charge in [0.1, 0.15) is 5.75 Å². The molecule has 140 valence electrons. The summed E-state index contributed by atoms with van der Waals surface area (Å²) in [5, 5.41) is 3.11. The van der Waals surface area contributed by atoms with Gasteiger partial charge in [0.2, 0.25) is 5.91 Å². The lowest BCUT2D eigenvalue weighted by Crippen LogP contribution is -2.44. The molecule has 0 radical (unpaired) electrons. The van der Waals surface area contributed by atoms with E-state index in [1.165, 1.54) is 0 Å². The molecule has 0 fully saturated rings. The molecule has 0 aromatic heterocycles. The van der Waals surface area contributed by atoms with E-state index in [0.717, 1.165) is 23.3 Å². The Kier molecular flexibility index (Phi) is 7.67. The average Bonchev–Trinajstić information content (AvgIpc) is 2.67. The van der Waals surface area contributed by atoms with Crippen LogP contribution in [0.25, 0.3) is 0 Å². The van der Waals surface area contributed by atoms with Gasteiger partial charge >= 0.3 is 0 Å². The highest BCUT2D eigenvalue weighted by Gasteiger charge is 2.25. The second kappa shape index (κ2) is 9.97. The van der Waals surface area contributed by atoms with Gasteiger partial charge in [-0.25, -0.2) is 0 Å². The molecule has 2 aromatic carbocycles. The monoisotopic (exact) mass is 354 g/mol. The molecule has 4 nitrogen and oxygen atoms in total. The van der Waals surface area contributed by atoms with Gasteiger partial charge in [-0.1, -0.05) is 55.5 Å². The molecule has 2 unspecified atom stereocenters. The third-order valence-electron chi connectivity index (χ3n) is 4.65. The van der Waals surface area contributed by atoms with Gasteiger partial charge in [0, 0.05) is 25.0 Å². The topological polar surface area (TPSA) is 41.6 Å². The van der Waals surface area contributed by atoms with Crippen LogP contribution >= 0.6 is 0 Å². The quantitative estimate of drug-likeness (QED) is 0.749. The highest BCUT2D eigenvalue weighted by Crippen LogP contribution is 2.22. The first-order valence-corrected chi connectivity index (χ1v) is 9.17. The number of benzene rings is 2. The van der Waals surface area contributed by atoms with Crippen LogP contribution in [0.1, 0.15) is 25.0 Å². The molecule has 0 saturated carbocycles. The summed E-state index contributed by atoms with van der Waals surface area (Å²) in [5.41, 5.74) is 2.26. The Hall–Kier alpha value is -2.33. The fraction of sp³-hybridized carbons (Fsp3) is 0.409. The zero-order valence-corrected chi connectivity index (χ0v) is 16.2. The maximum atomic E-state index is 13.1. The molecular formula is C22H30N2O2. The fourth-order valence-corrected chi connectivity index (χ4v) is 3.21. The Bertz CT molecular complexity index is 688. The number of ether oxygens (including phenoxy) is 1. The molecular weight excluding hydrogens is 324 g/mol. The van der Waals surface area contributed by atoms with E-state index in [1.54, 1.807) is 7.11 Å². The minimum atomic E-state index is -0.0659. The van der Waals surface area contributed by atoms with Crippen LogP contribution in [0.3, 0.4) is 0 Å². The van der Waals surface area contributed by atoms with Crippen LogP contribution in [-0.2, 0) is 17.8 Å². The van der Waals surface area contributed by atoms with E-state index in [-0.39, 0.29) is 17.9 Å². The largest absolute Gasteiger partial charge is 0.496 e. The second-order valence-corrected chi connectivity index (χ2v) is 6.78. The number of nitrogens with one attached hydrogen (secondary N) is 1. The fourth-order valence-electron chi connectivity index (χ4n) is 3.21. The zero-order valence-electron chi connectivity index (χ0n) is 16.2. The van der Waals surface area contributed by atoms with Crippen LogP contribution in [-0.4, -0.2) is 37.6 Å². The normalized spacial score (nSPS) is 13.1. The number of para-hydroxylation sites is 1. The molecule has 0 bridgehead atoms. The van der Waals surface area contributed by atoms with Crippen molar-refractivity contribution in [2.45, 2.75) is 32.9 Å². The van der Waals surface area contributed by atoms with Crippen LogP contribution < -0.4 is 10.1 Å². The summed E-state index contributed by atoms with van der Waals surface area (Å²) in [5.74, 6) is 0.976. The highest BCUT2D eigenvalue weighted by atomic mass is 16.5. The first-order valence-electron chi connectivity index (χ1n) is 9.17. The molecule has 0 aliphatic heterocycles. The first kappa shape index (κ1) is 20.0. The molecule has 26 heavy (non-hydrogen) atoms. The van der Waals surface area contributed by atoms with Gasteiger partial charge in [0.25, 0.3) is 0 Å². The highest BCUT2D eigenvalue weighted by molar-refractivity contribution is 5.79. The van der Waals surface area contributed by atoms with Crippen LogP contribution in [0.2, 0.25) is 0 Å². The summed E-state index contributed by atoms with van der Waals surface area (Å²) in [6.07, 6.45) is 0.759. The molecule has 1 N–H and O–H groups in total. The number of methoxy groups -OCH3 is 1. The lowest BCUT2D eigenvalue weighted by molar-refractivity contribution is -0.137. The molecule has 2 atom stereocenters. The van der Waals surface area contributed by atoms with Gasteiger partial charge in [0.05, 0.1) is 7.11 Å². The van der Waals surface area contributed by atoms with E-state index >= 15 is 0 Å². The van der Waals surface area contributed by atoms with Gasteiger partial charge < -0.3 is 15.0 Å². The number of carbonyl (C=O) groups excluding carboxylic acids is 1. The minimum absolute atomic E-state index is 0.0659. The van der Waals surface area contributed by atoms with Crippen molar-refractivity contribution in [3.8, 4) is 5.75 Å².